The van der Waals surface area contributed by atoms with Gasteiger partial charge in [-0.15, -0.1) is 0 Å². The number of benzene rings is 2. The molecule has 0 spiro atoms. The number of primary amides is 1. The lowest BCUT2D eigenvalue weighted by atomic mass is 9.97. The van der Waals surface area contributed by atoms with Gasteiger partial charge in [0.1, 0.15) is 30.5 Å². The summed E-state index contributed by atoms with van der Waals surface area (Å²) >= 11 is 0. The van der Waals surface area contributed by atoms with E-state index in [1.54, 1.807) is 52.0 Å². The highest BCUT2D eigenvalue weighted by atomic mass is 16.9. The van der Waals surface area contributed by atoms with Crippen LogP contribution in [0, 0.1) is 0 Å². The molecule has 2 aromatic rings. The first kappa shape index (κ1) is 34.4. The summed E-state index contributed by atoms with van der Waals surface area (Å²) in [6.45, 7) is 8.63. The first-order valence-electron chi connectivity index (χ1n) is 15.9. The minimum Gasteiger partial charge on any atom is -0.376 e. The van der Waals surface area contributed by atoms with Crippen LogP contribution in [0.15, 0.2) is 54.6 Å². The molecule has 0 aliphatic carbocycles. The molecule has 4 aliphatic rings. The number of carbonyl (C=O) groups is 3. The normalized spacial score (nSPS) is 32.0. The number of hydrogen-bond acceptors (Lipinski definition) is 11. The zero-order valence-corrected chi connectivity index (χ0v) is 27.8. The van der Waals surface area contributed by atoms with Gasteiger partial charge < -0.3 is 48.9 Å². The molecule has 48 heavy (non-hydrogen) atoms. The van der Waals surface area contributed by atoms with Gasteiger partial charge in [0, 0.05) is 24.8 Å². The number of anilines is 1. The fraction of sp³-hybridized carbons (Fsp3) is 0.559. The molecule has 9 atom stereocenters. The van der Waals surface area contributed by atoms with E-state index in [2.05, 4.69) is 5.32 Å². The van der Waals surface area contributed by atoms with Crippen molar-refractivity contribution in [1.29, 1.82) is 0 Å². The van der Waals surface area contributed by atoms with Crippen LogP contribution in [0.5, 0.6) is 0 Å². The second kappa shape index (κ2) is 13.4. The van der Waals surface area contributed by atoms with Crippen molar-refractivity contribution in [2.75, 3.05) is 12.4 Å². The van der Waals surface area contributed by atoms with Gasteiger partial charge >= 0.3 is 6.03 Å². The van der Waals surface area contributed by atoms with Gasteiger partial charge in [-0.05, 0) is 52.3 Å². The summed E-state index contributed by atoms with van der Waals surface area (Å²) in [5, 5.41) is 2.87. The Morgan fingerprint density at radius 1 is 0.896 bits per heavy atom. The van der Waals surface area contributed by atoms with Crippen molar-refractivity contribution in [3.8, 4) is 0 Å². The van der Waals surface area contributed by atoms with Crippen LogP contribution < -0.4 is 11.1 Å². The Kier molecular flexibility index (Phi) is 9.63. The van der Waals surface area contributed by atoms with Crippen LogP contribution in [-0.2, 0) is 49.3 Å². The van der Waals surface area contributed by atoms with Gasteiger partial charge in [0.2, 0.25) is 5.91 Å². The van der Waals surface area contributed by atoms with Gasteiger partial charge in [0.05, 0.1) is 12.6 Å². The number of nitrogens with two attached hydrogens (primary N) is 1. The number of urea groups is 1. The highest BCUT2D eigenvalue weighted by molar-refractivity contribution is 5.97. The summed E-state index contributed by atoms with van der Waals surface area (Å²) < 4.78 is 49.6. The van der Waals surface area contributed by atoms with Crippen molar-refractivity contribution in [1.82, 2.24) is 4.90 Å². The number of hydrogen-bond donors (Lipinski definition) is 2. The summed E-state index contributed by atoms with van der Waals surface area (Å²) in [6, 6.07) is 14.3. The largest absolute Gasteiger partial charge is 0.376 e. The Morgan fingerprint density at radius 2 is 1.54 bits per heavy atom. The fourth-order valence-corrected chi connectivity index (χ4v) is 6.75. The maximum absolute atomic E-state index is 14.6. The SMILES string of the molecule is CO[C@@H]1[C@H]2OC(C)(C)O[C@H]2O[C@@H]1[C@H](CC(N)=O)N(C(=O)Nc1cccc(C(C)=O)c1)C1O[C@H]2OC(C)(C)O[C@H]2[C@@H]1OCc1ccccc1. The first-order chi connectivity index (χ1) is 22.7. The number of Topliss-reactive ketones (excluding diaryl/α,β-unsaturated/α-hetero) is 1. The van der Waals surface area contributed by atoms with E-state index >= 15 is 0 Å². The quantitative estimate of drug-likeness (QED) is 0.337. The summed E-state index contributed by atoms with van der Waals surface area (Å²) in [5.41, 5.74) is 7.45. The zero-order valence-electron chi connectivity index (χ0n) is 27.8. The fourth-order valence-electron chi connectivity index (χ4n) is 6.75. The standard InChI is InChI=1S/C34H43N3O11/c1-18(38)20-13-10-14-21(15-20)36-32(40)37(22(16-23(35)39)24-25(41-6)27-30(43-24)47-33(2,3)45-27)29-26(42-17-19-11-8-7-9-12-19)28-31(44-29)48-34(4,5)46-28/h7-15,22,24-31H,16-17H2,1-6H3,(H2,35,39)(H,36,40)/t22-,24+,25-,26-,27+,28-,29?,30+,31-/m0/s1. The molecule has 3 amide bonds. The Morgan fingerprint density at radius 3 is 2.17 bits per heavy atom. The molecule has 0 saturated carbocycles. The molecule has 4 heterocycles. The average Bonchev–Trinajstić information content (AvgIpc) is 3.70. The highest BCUT2D eigenvalue weighted by Crippen LogP contribution is 2.44. The van der Waals surface area contributed by atoms with Crippen LogP contribution in [0.1, 0.15) is 57.0 Å². The molecule has 0 bridgehead atoms. The minimum absolute atomic E-state index is 0.163. The lowest BCUT2D eigenvalue weighted by molar-refractivity contribution is -0.248. The molecule has 260 valence electrons. The van der Waals surface area contributed by atoms with Crippen molar-refractivity contribution in [3.05, 3.63) is 65.7 Å². The van der Waals surface area contributed by atoms with E-state index in [1.165, 1.54) is 18.9 Å². The van der Waals surface area contributed by atoms with Gasteiger partial charge in [0.15, 0.2) is 36.2 Å². The second-order valence-corrected chi connectivity index (χ2v) is 13.2. The number of nitrogens with one attached hydrogen (secondary N) is 1. The number of ketones is 1. The van der Waals surface area contributed by atoms with E-state index in [0.29, 0.717) is 11.3 Å². The molecule has 14 heteroatoms. The van der Waals surface area contributed by atoms with Gasteiger partial charge in [-0.25, -0.2) is 4.79 Å². The molecule has 4 saturated heterocycles. The van der Waals surface area contributed by atoms with E-state index in [-0.39, 0.29) is 18.8 Å². The molecule has 4 aliphatic heterocycles. The molecule has 6 rings (SSSR count). The molecule has 2 aromatic carbocycles. The Balaban J connectivity index is 1.39. The summed E-state index contributed by atoms with van der Waals surface area (Å²) in [7, 11) is 1.49. The lowest BCUT2D eigenvalue weighted by Gasteiger charge is -2.42. The number of fused-ring (bicyclic) bond motifs is 2. The van der Waals surface area contributed by atoms with E-state index < -0.39 is 78.9 Å². The number of ether oxygens (including phenoxy) is 8. The first-order valence-corrected chi connectivity index (χ1v) is 15.9. The predicted octanol–water partition coefficient (Wildman–Crippen LogP) is 3.28. The van der Waals surface area contributed by atoms with Crippen molar-refractivity contribution in [2.45, 2.75) is 115 Å². The molecule has 4 fully saturated rings. The third kappa shape index (κ3) is 7.12. The number of nitrogens with zero attached hydrogens (tertiary/aromatic N) is 1. The summed E-state index contributed by atoms with van der Waals surface area (Å²) in [4.78, 5) is 40.8. The monoisotopic (exact) mass is 669 g/mol. The average molecular weight is 670 g/mol. The van der Waals surface area contributed by atoms with Crippen LogP contribution in [-0.4, -0.2) is 96.7 Å². The smallest absolute Gasteiger partial charge is 0.324 e. The van der Waals surface area contributed by atoms with Crippen molar-refractivity contribution in [2.24, 2.45) is 5.73 Å². The van der Waals surface area contributed by atoms with E-state index in [1.807, 2.05) is 30.3 Å². The Hall–Kier alpha value is -3.47. The third-order valence-corrected chi connectivity index (χ3v) is 8.73. The maximum atomic E-state index is 14.6. The van der Waals surface area contributed by atoms with E-state index in [4.69, 9.17) is 43.6 Å². The van der Waals surface area contributed by atoms with Crippen molar-refractivity contribution < 1.29 is 52.3 Å². The van der Waals surface area contributed by atoms with Gasteiger partial charge in [-0.1, -0.05) is 42.5 Å². The number of amides is 3. The molecular weight excluding hydrogens is 626 g/mol. The van der Waals surface area contributed by atoms with Crippen LogP contribution in [0.25, 0.3) is 0 Å². The molecule has 14 nitrogen and oxygen atoms in total. The Bertz CT molecular complexity index is 1500. The maximum Gasteiger partial charge on any atom is 0.324 e. The second-order valence-electron chi connectivity index (χ2n) is 13.2. The summed E-state index contributed by atoms with van der Waals surface area (Å²) in [6.07, 6.45) is -7.29. The van der Waals surface area contributed by atoms with Crippen molar-refractivity contribution in [3.63, 3.8) is 0 Å². The minimum atomic E-state index is -1.17. The lowest BCUT2D eigenvalue weighted by Crippen LogP contribution is -2.61. The highest BCUT2D eigenvalue weighted by Gasteiger charge is 2.62. The molecule has 0 aromatic heterocycles. The molecule has 3 N–H and O–H groups in total. The van der Waals surface area contributed by atoms with Crippen LogP contribution in [0.2, 0.25) is 0 Å². The number of carbonyl (C=O) groups excluding carboxylic acids is 3. The molecule has 0 radical (unpaired) electrons. The Labute approximate surface area is 279 Å². The number of methoxy groups -OCH3 is 1. The van der Waals surface area contributed by atoms with E-state index in [0.717, 1.165) is 5.56 Å². The van der Waals surface area contributed by atoms with Gasteiger partial charge in [0.25, 0.3) is 0 Å². The van der Waals surface area contributed by atoms with Gasteiger partial charge in [-0.3, -0.25) is 14.5 Å². The van der Waals surface area contributed by atoms with E-state index in [9.17, 15) is 14.4 Å². The van der Waals surface area contributed by atoms with Crippen LogP contribution in [0.3, 0.4) is 0 Å². The molecule has 1 unspecified atom stereocenters. The number of rotatable bonds is 11. The van der Waals surface area contributed by atoms with Crippen LogP contribution in [0.4, 0.5) is 10.5 Å². The zero-order chi connectivity index (χ0) is 34.4. The topological polar surface area (TPSA) is 166 Å². The van der Waals surface area contributed by atoms with Gasteiger partial charge in [-0.2, -0.15) is 0 Å². The summed E-state index contributed by atoms with van der Waals surface area (Å²) in [5.74, 6) is -2.82. The van der Waals surface area contributed by atoms with Crippen LogP contribution >= 0.6 is 0 Å². The predicted molar refractivity (Wildman–Crippen MR) is 168 cm³/mol. The third-order valence-electron chi connectivity index (χ3n) is 8.73. The molecular formula is C34H43N3O11. The van der Waals surface area contributed by atoms with Crippen molar-refractivity contribution >= 4 is 23.4 Å².